The van der Waals surface area contributed by atoms with Gasteiger partial charge in [0.1, 0.15) is 0 Å². The molecule has 1 rings (SSSR count). The van der Waals surface area contributed by atoms with E-state index in [1.165, 1.54) is 5.56 Å². The molecular formula is C17H30IN3O3. The van der Waals surface area contributed by atoms with E-state index < -0.39 is 0 Å². The normalized spacial score (nSPS) is 10.8. The number of nitrogens with zero attached hydrogens (tertiary/aromatic N) is 1. The van der Waals surface area contributed by atoms with Gasteiger partial charge in [-0.25, -0.2) is 0 Å². The van der Waals surface area contributed by atoms with E-state index in [4.69, 9.17) is 14.2 Å². The minimum atomic E-state index is 0. The highest BCUT2D eigenvalue weighted by Crippen LogP contribution is 2.28. The Morgan fingerprint density at radius 3 is 2.50 bits per heavy atom. The quantitative estimate of drug-likeness (QED) is 0.248. The Kier molecular flexibility index (Phi) is 13.4. The van der Waals surface area contributed by atoms with Crippen molar-refractivity contribution in [1.29, 1.82) is 0 Å². The SMILES string of the molecule is CCOc1cc(CCCNC(=NC)NCCOC)ccc1OC.I. The van der Waals surface area contributed by atoms with Gasteiger partial charge in [0.05, 0.1) is 20.3 Å². The third-order valence-electron chi connectivity index (χ3n) is 3.28. The van der Waals surface area contributed by atoms with E-state index in [9.17, 15) is 0 Å². The molecule has 0 radical (unpaired) electrons. The molecule has 24 heavy (non-hydrogen) atoms. The molecule has 0 heterocycles. The zero-order valence-corrected chi connectivity index (χ0v) is 17.4. The Balaban J connectivity index is 0.00000529. The number of methoxy groups -OCH3 is 2. The summed E-state index contributed by atoms with van der Waals surface area (Å²) in [6, 6.07) is 6.08. The van der Waals surface area contributed by atoms with Crippen LogP contribution in [0.4, 0.5) is 0 Å². The Morgan fingerprint density at radius 1 is 1.12 bits per heavy atom. The predicted molar refractivity (Wildman–Crippen MR) is 109 cm³/mol. The van der Waals surface area contributed by atoms with Crippen molar-refractivity contribution in [2.24, 2.45) is 4.99 Å². The van der Waals surface area contributed by atoms with Crippen LogP contribution in [-0.2, 0) is 11.2 Å². The first-order valence-corrected chi connectivity index (χ1v) is 7.98. The van der Waals surface area contributed by atoms with E-state index in [1.807, 2.05) is 19.1 Å². The van der Waals surface area contributed by atoms with Crippen molar-refractivity contribution in [2.45, 2.75) is 19.8 Å². The molecule has 0 aliphatic heterocycles. The number of benzene rings is 1. The van der Waals surface area contributed by atoms with Crippen LogP contribution in [0.2, 0.25) is 0 Å². The largest absolute Gasteiger partial charge is 0.493 e. The topological polar surface area (TPSA) is 64.1 Å². The molecule has 0 bridgehead atoms. The first-order chi connectivity index (χ1) is 11.2. The second-order valence-electron chi connectivity index (χ2n) is 4.94. The van der Waals surface area contributed by atoms with Gasteiger partial charge in [0.25, 0.3) is 0 Å². The molecule has 0 saturated carbocycles. The fourth-order valence-corrected chi connectivity index (χ4v) is 2.14. The molecule has 6 nitrogen and oxygen atoms in total. The van der Waals surface area contributed by atoms with E-state index in [0.29, 0.717) is 13.2 Å². The number of aliphatic imine (C=N–C) groups is 1. The minimum absolute atomic E-state index is 0. The summed E-state index contributed by atoms with van der Waals surface area (Å²) in [5.41, 5.74) is 1.23. The number of nitrogens with one attached hydrogen (secondary N) is 2. The lowest BCUT2D eigenvalue weighted by molar-refractivity contribution is 0.203. The van der Waals surface area contributed by atoms with Crippen molar-refractivity contribution < 1.29 is 14.2 Å². The number of guanidine groups is 1. The first-order valence-electron chi connectivity index (χ1n) is 7.98. The number of hydrogen-bond acceptors (Lipinski definition) is 4. The van der Waals surface area contributed by atoms with E-state index in [-0.39, 0.29) is 24.0 Å². The van der Waals surface area contributed by atoms with E-state index in [2.05, 4.69) is 21.7 Å². The molecule has 0 aromatic heterocycles. The molecular weight excluding hydrogens is 421 g/mol. The van der Waals surface area contributed by atoms with Crippen LogP contribution in [0.1, 0.15) is 18.9 Å². The van der Waals surface area contributed by atoms with Gasteiger partial charge < -0.3 is 24.8 Å². The smallest absolute Gasteiger partial charge is 0.191 e. The monoisotopic (exact) mass is 451 g/mol. The third-order valence-corrected chi connectivity index (χ3v) is 3.28. The van der Waals surface area contributed by atoms with Crippen LogP contribution in [0.25, 0.3) is 0 Å². The lowest BCUT2D eigenvalue weighted by Crippen LogP contribution is -2.39. The van der Waals surface area contributed by atoms with Gasteiger partial charge in [0.2, 0.25) is 0 Å². The van der Waals surface area contributed by atoms with Crippen molar-refractivity contribution in [1.82, 2.24) is 10.6 Å². The molecule has 0 unspecified atom stereocenters. The van der Waals surface area contributed by atoms with Crippen molar-refractivity contribution >= 4 is 29.9 Å². The highest BCUT2D eigenvalue weighted by molar-refractivity contribution is 14.0. The summed E-state index contributed by atoms with van der Waals surface area (Å²) in [6.45, 7) is 4.85. The van der Waals surface area contributed by atoms with Crippen LogP contribution in [0.5, 0.6) is 11.5 Å². The Labute approximate surface area is 162 Å². The van der Waals surface area contributed by atoms with Gasteiger partial charge in [-0.1, -0.05) is 6.07 Å². The predicted octanol–water partition coefficient (Wildman–Crippen LogP) is 2.46. The van der Waals surface area contributed by atoms with E-state index >= 15 is 0 Å². The van der Waals surface area contributed by atoms with Gasteiger partial charge >= 0.3 is 0 Å². The molecule has 0 aliphatic rings. The van der Waals surface area contributed by atoms with E-state index in [1.54, 1.807) is 21.3 Å². The Morgan fingerprint density at radius 2 is 1.88 bits per heavy atom. The summed E-state index contributed by atoms with van der Waals surface area (Å²) in [4.78, 5) is 4.17. The average molecular weight is 451 g/mol. The maximum absolute atomic E-state index is 5.60. The number of hydrogen-bond donors (Lipinski definition) is 2. The molecule has 0 spiro atoms. The molecule has 0 saturated heterocycles. The zero-order chi connectivity index (χ0) is 16.9. The van der Waals surface area contributed by atoms with Crippen molar-refractivity contribution in [3.8, 4) is 11.5 Å². The molecule has 1 aromatic carbocycles. The van der Waals surface area contributed by atoms with Crippen LogP contribution >= 0.6 is 24.0 Å². The van der Waals surface area contributed by atoms with Gasteiger partial charge in [-0.15, -0.1) is 24.0 Å². The van der Waals surface area contributed by atoms with Gasteiger partial charge in [-0.2, -0.15) is 0 Å². The highest BCUT2D eigenvalue weighted by atomic mass is 127. The summed E-state index contributed by atoms with van der Waals surface area (Å²) in [5.74, 6) is 2.38. The summed E-state index contributed by atoms with van der Waals surface area (Å²) < 4.78 is 15.9. The van der Waals surface area contributed by atoms with Crippen LogP contribution < -0.4 is 20.1 Å². The maximum Gasteiger partial charge on any atom is 0.191 e. The molecule has 0 amide bonds. The Bertz CT molecular complexity index is 484. The molecule has 2 N–H and O–H groups in total. The fourth-order valence-electron chi connectivity index (χ4n) is 2.14. The van der Waals surface area contributed by atoms with Gasteiger partial charge in [-0.05, 0) is 37.5 Å². The molecule has 0 atom stereocenters. The van der Waals surface area contributed by atoms with Gasteiger partial charge in [0, 0.05) is 27.2 Å². The summed E-state index contributed by atoms with van der Waals surface area (Å²) in [6.07, 6.45) is 1.97. The number of aryl methyl sites for hydroxylation is 1. The van der Waals surface area contributed by atoms with Crippen molar-refractivity contribution in [3.63, 3.8) is 0 Å². The lowest BCUT2D eigenvalue weighted by Gasteiger charge is -2.13. The fraction of sp³-hybridized carbons (Fsp3) is 0.588. The zero-order valence-electron chi connectivity index (χ0n) is 15.1. The van der Waals surface area contributed by atoms with Crippen molar-refractivity contribution in [2.75, 3.05) is 47.6 Å². The molecule has 1 aromatic rings. The van der Waals surface area contributed by atoms with E-state index in [0.717, 1.165) is 43.4 Å². The lowest BCUT2D eigenvalue weighted by atomic mass is 10.1. The van der Waals surface area contributed by atoms with Crippen LogP contribution in [-0.4, -0.2) is 53.5 Å². The van der Waals surface area contributed by atoms with Crippen LogP contribution in [0.15, 0.2) is 23.2 Å². The number of rotatable bonds is 10. The number of halogens is 1. The molecule has 0 aliphatic carbocycles. The van der Waals surface area contributed by atoms with Crippen LogP contribution in [0, 0.1) is 0 Å². The molecule has 138 valence electrons. The average Bonchev–Trinajstić information content (AvgIpc) is 2.57. The number of ether oxygens (including phenoxy) is 3. The highest BCUT2D eigenvalue weighted by Gasteiger charge is 2.05. The summed E-state index contributed by atoms with van der Waals surface area (Å²) >= 11 is 0. The Hall–Kier alpha value is -1.22. The van der Waals surface area contributed by atoms with Gasteiger partial charge in [0.15, 0.2) is 17.5 Å². The second-order valence-corrected chi connectivity index (χ2v) is 4.94. The third kappa shape index (κ3) is 8.58. The van der Waals surface area contributed by atoms with Gasteiger partial charge in [-0.3, -0.25) is 4.99 Å². The summed E-state index contributed by atoms with van der Waals surface area (Å²) in [7, 11) is 5.10. The van der Waals surface area contributed by atoms with Crippen molar-refractivity contribution in [3.05, 3.63) is 23.8 Å². The first kappa shape index (κ1) is 22.8. The molecule has 7 heteroatoms. The minimum Gasteiger partial charge on any atom is -0.493 e. The molecule has 0 fully saturated rings. The maximum atomic E-state index is 5.60. The summed E-state index contributed by atoms with van der Waals surface area (Å²) in [5, 5.41) is 6.48. The van der Waals surface area contributed by atoms with Crippen LogP contribution in [0.3, 0.4) is 0 Å². The standard InChI is InChI=1S/C17H29N3O3.HI/c1-5-23-16-13-14(8-9-15(16)22-4)7-6-10-19-17(18-2)20-11-12-21-3;/h8-9,13H,5-7,10-12H2,1-4H3,(H2,18,19,20);1H. The second kappa shape index (κ2) is 14.2.